The van der Waals surface area contributed by atoms with Crippen molar-refractivity contribution in [3.8, 4) is 0 Å². The van der Waals surface area contributed by atoms with Crippen molar-refractivity contribution in [2.24, 2.45) is 0 Å². The highest BCUT2D eigenvalue weighted by atomic mass is 32.1. The molecule has 0 spiro atoms. The van der Waals surface area contributed by atoms with E-state index < -0.39 is 5.97 Å². The second kappa shape index (κ2) is 7.01. The fourth-order valence-corrected chi connectivity index (χ4v) is 0. The molecule has 0 aliphatic carbocycles. The molecule has 4 heteroatoms. The van der Waals surface area contributed by atoms with E-state index >= 15 is 0 Å². The van der Waals surface area contributed by atoms with Gasteiger partial charge < -0.3 is 5.11 Å². The van der Waals surface area contributed by atoms with Crippen LogP contribution in [0.2, 0.25) is 0 Å². The summed E-state index contributed by atoms with van der Waals surface area (Å²) in [6.07, 6.45) is 0. The fraction of sp³-hybridized carbons (Fsp3) is 0.200. The minimum atomic E-state index is -0.935. The molecule has 0 saturated heterocycles. The largest absolute Gasteiger partial charge is 0.478 e. The van der Waals surface area contributed by atoms with E-state index in [1.807, 2.05) is 0 Å². The molecule has 0 rings (SSSR count). The summed E-state index contributed by atoms with van der Waals surface area (Å²) in [5.41, 5.74) is 0.176. The van der Waals surface area contributed by atoms with Crippen molar-refractivity contribution in [3.05, 3.63) is 12.2 Å². The topological polar surface area (TPSA) is 61.1 Å². The Morgan fingerprint density at radius 3 is 2.00 bits per heavy atom. The van der Waals surface area contributed by atoms with Crippen molar-refractivity contribution >= 4 is 23.3 Å². The number of rotatable bonds is 1. The van der Waals surface area contributed by atoms with Gasteiger partial charge in [0.2, 0.25) is 0 Å². The number of thiocarbonyl (C=S) groups is 1. The summed E-state index contributed by atoms with van der Waals surface area (Å²) in [5, 5.41) is 15.2. The van der Waals surface area contributed by atoms with Crippen molar-refractivity contribution in [1.82, 2.24) is 0 Å². The van der Waals surface area contributed by atoms with Gasteiger partial charge in [0, 0.05) is 5.57 Å². The van der Waals surface area contributed by atoms with Crippen molar-refractivity contribution in [3.63, 3.8) is 0 Å². The summed E-state index contributed by atoms with van der Waals surface area (Å²) >= 11 is 3.81. The lowest BCUT2D eigenvalue weighted by molar-refractivity contribution is -0.132. The van der Waals surface area contributed by atoms with E-state index in [2.05, 4.69) is 18.8 Å². The molecular formula is C5H7NO2S. The summed E-state index contributed by atoms with van der Waals surface area (Å²) in [4.78, 5) is 9.60. The van der Waals surface area contributed by atoms with Crippen LogP contribution in [-0.4, -0.2) is 16.2 Å². The third kappa shape index (κ3) is 19.4. The van der Waals surface area contributed by atoms with Gasteiger partial charge in [0.25, 0.3) is 0 Å². The molecule has 0 aliphatic rings. The zero-order valence-electron chi connectivity index (χ0n) is 4.97. The normalized spacial score (nSPS) is 5.89. The fourth-order valence-electron chi connectivity index (χ4n) is 0. The molecule has 3 nitrogen and oxygen atoms in total. The van der Waals surface area contributed by atoms with Gasteiger partial charge in [-0.25, -0.2) is 10.2 Å². The molecule has 0 aromatic heterocycles. The van der Waals surface area contributed by atoms with Gasteiger partial charge in [0.15, 0.2) is 0 Å². The van der Waals surface area contributed by atoms with Crippen LogP contribution < -0.4 is 0 Å². The SMILES string of the molecule is C=C(C)C(=O)O.N=C=S. The van der Waals surface area contributed by atoms with Gasteiger partial charge in [-0.05, 0) is 19.1 Å². The average Bonchev–Trinajstić information content (AvgIpc) is 1.68. The van der Waals surface area contributed by atoms with E-state index in [0.29, 0.717) is 0 Å². The Bertz CT molecular complexity index is 135. The van der Waals surface area contributed by atoms with Crippen LogP contribution in [0.25, 0.3) is 0 Å². The van der Waals surface area contributed by atoms with Crippen LogP contribution in [0.4, 0.5) is 0 Å². The Kier molecular flexibility index (Phi) is 8.49. The predicted molar refractivity (Wildman–Crippen MR) is 37.8 cm³/mol. The maximum absolute atomic E-state index is 9.60. The summed E-state index contributed by atoms with van der Waals surface area (Å²) in [7, 11) is 0. The third-order valence-electron chi connectivity index (χ3n) is 0.365. The summed E-state index contributed by atoms with van der Waals surface area (Å²) in [6, 6.07) is 0. The highest BCUT2D eigenvalue weighted by Crippen LogP contribution is 1.81. The van der Waals surface area contributed by atoms with Crippen molar-refractivity contribution < 1.29 is 9.90 Å². The van der Waals surface area contributed by atoms with Crippen LogP contribution in [0, 0.1) is 5.41 Å². The van der Waals surface area contributed by atoms with E-state index in [-0.39, 0.29) is 5.57 Å². The van der Waals surface area contributed by atoms with Crippen molar-refractivity contribution in [2.45, 2.75) is 6.92 Å². The minimum Gasteiger partial charge on any atom is -0.478 e. The number of carbonyl (C=O) groups is 1. The molecule has 0 fully saturated rings. The van der Waals surface area contributed by atoms with Gasteiger partial charge >= 0.3 is 5.97 Å². The number of aliphatic carboxylic acids is 1. The lowest BCUT2D eigenvalue weighted by Gasteiger charge is -1.79. The summed E-state index contributed by atoms with van der Waals surface area (Å²) in [5.74, 6) is -0.935. The van der Waals surface area contributed by atoms with Crippen LogP contribution in [0.15, 0.2) is 12.2 Å². The van der Waals surface area contributed by atoms with Gasteiger partial charge in [0.05, 0.1) is 5.16 Å². The van der Waals surface area contributed by atoms with Gasteiger partial charge in [-0.1, -0.05) is 6.58 Å². The van der Waals surface area contributed by atoms with Gasteiger partial charge in [0.1, 0.15) is 0 Å². The zero-order valence-corrected chi connectivity index (χ0v) is 5.79. The summed E-state index contributed by atoms with van der Waals surface area (Å²) < 4.78 is 0. The molecule has 0 bridgehead atoms. The number of carboxylic acids is 1. The van der Waals surface area contributed by atoms with Crippen LogP contribution in [-0.2, 0) is 4.79 Å². The monoisotopic (exact) mass is 145 g/mol. The number of hydrogen-bond acceptors (Lipinski definition) is 3. The molecule has 0 heterocycles. The maximum atomic E-state index is 9.60. The van der Waals surface area contributed by atoms with E-state index in [1.54, 1.807) is 5.16 Å². The van der Waals surface area contributed by atoms with Crippen LogP contribution in [0.3, 0.4) is 0 Å². The standard InChI is InChI=1S/C4H6O2.CHNS/c1-3(2)4(5)6;2-1-3/h1H2,2H3,(H,5,6);2H. The Morgan fingerprint density at radius 2 is 2.00 bits per heavy atom. The first-order valence-corrected chi connectivity index (χ1v) is 2.39. The lowest BCUT2D eigenvalue weighted by Crippen LogP contribution is -1.92. The Balaban J connectivity index is 0. The molecule has 2 N–H and O–H groups in total. The molecule has 0 radical (unpaired) electrons. The second-order valence-electron chi connectivity index (χ2n) is 1.19. The molecule has 0 atom stereocenters. The predicted octanol–water partition coefficient (Wildman–Crippen LogP) is 1.32. The van der Waals surface area contributed by atoms with Gasteiger partial charge in [-0.15, -0.1) is 0 Å². The third-order valence-corrected chi connectivity index (χ3v) is 0.365. The molecular weight excluding hydrogens is 138 g/mol. The quantitative estimate of drug-likeness (QED) is 0.332. The Hall–Kier alpha value is -0.990. The zero-order chi connectivity index (χ0) is 7.86. The maximum Gasteiger partial charge on any atom is 0.330 e. The van der Waals surface area contributed by atoms with Crippen LogP contribution in [0.1, 0.15) is 6.92 Å². The van der Waals surface area contributed by atoms with Crippen LogP contribution in [0.5, 0.6) is 0 Å². The van der Waals surface area contributed by atoms with Gasteiger partial charge in [-0.3, -0.25) is 0 Å². The van der Waals surface area contributed by atoms with E-state index in [1.165, 1.54) is 6.92 Å². The molecule has 50 valence electrons. The number of isothiocyanates is 1. The molecule has 0 saturated carbocycles. The van der Waals surface area contributed by atoms with E-state index in [0.717, 1.165) is 0 Å². The number of hydrogen-bond donors (Lipinski definition) is 2. The Morgan fingerprint density at radius 1 is 1.89 bits per heavy atom. The lowest BCUT2D eigenvalue weighted by atomic mass is 10.4. The first-order chi connectivity index (χ1) is 4.06. The van der Waals surface area contributed by atoms with Gasteiger partial charge in [-0.2, -0.15) is 0 Å². The van der Waals surface area contributed by atoms with E-state index in [9.17, 15) is 4.79 Å². The molecule has 0 aromatic rings. The van der Waals surface area contributed by atoms with Crippen molar-refractivity contribution in [2.75, 3.05) is 0 Å². The first-order valence-electron chi connectivity index (χ1n) is 1.99. The van der Waals surface area contributed by atoms with E-state index in [4.69, 9.17) is 10.5 Å². The Labute approximate surface area is 58.5 Å². The molecule has 0 amide bonds. The smallest absolute Gasteiger partial charge is 0.330 e. The second-order valence-corrected chi connectivity index (χ2v) is 1.39. The first kappa shape index (κ1) is 10.9. The van der Waals surface area contributed by atoms with Crippen molar-refractivity contribution in [1.29, 1.82) is 5.41 Å². The van der Waals surface area contributed by atoms with Crippen LogP contribution >= 0.6 is 12.2 Å². The molecule has 0 aliphatic heterocycles. The number of carboxylic acid groups (broad SMARTS) is 1. The average molecular weight is 145 g/mol. The molecule has 0 aromatic carbocycles. The molecule has 9 heavy (non-hydrogen) atoms. The highest BCUT2D eigenvalue weighted by Gasteiger charge is 1.90. The highest BCUT2D eigenvalue weighted by molar-refractivity contribution is 7.78. The minimum absolute atomic E-state index is 0.176. The number of nitrogens with one attached hydrogen (secondary N) is 1. The molecule has 0 unspecified atom stereocenters. The summed E-state index contributed by atoms with van der Waals surface area (Å²) in [6.45, 7) is 4.60.